The van der Waals surface area contributed by atoms with Crippen LogP contribution in [0.4, 0.5) is 0 Å². The largest absolute Gasteiger partial charge is 0.507 e. The number of benzene rings is 1. The van der Waals surface area contributed by atoms with Crippen LogP contribution in [0.3, 0.4) is 0 Å². The van der Waals surface area contributed by atoms with E-state index in [-0.39, 0.29) is 23.1 Å². The fraction of sp³-hybridized carbons (Fsp3) is 0.316. The summed E-state index contributed by atoms with van der Waals surface area (Å²) in [5.41, 5.74) is 1.31. The summed E-state index contributed by atoms with van der Waals surface area (Å²) in [5.74, 6) is -0.113. The number of para-hydroxylation sites is 1. The number of imidazole rings is 1. The SMILES string of the molecule is CC(C)(C)[C@H](Cn1ccnc1)NC(=O)c1cc(-c2ccccc2O)n[nH]1. The Hall–Kier alpha value is -3.09. The summed E-state index contributed by atoms with van der Waals surface area (Å²) in [6, 6.07) is 8.43. The van der Waals surface area contributed by atoms with Gasteiger partial charge in [-0.1, -0.05) is 32.9 Å². The minimum Gasteiger partial charge on any atom is -0.507 e. The van der Waals surface area contributed by atoms with Crippen LogP contribution in [0.1, 0.15) is 31.3 Å². The molecule has 1 amide bonds. The fourth-order valence-electron chi connectivity index (χ4n) is 2.64. The van der Waals surface area contributed by atoms with Crippen LogP contribution in [0.15, 0.2) is 49.1 Å². The first-order chi connectivity index (χ1) is 12.3. The van der Waals surface area contributed by atoms with Gasteiger partial charge in [0, 0.05) is 24.5 Å². The number of carbonyl (C=O) groups excluding carboxylic acids is 1. The summed E-state index contributed by atoms with van der Waals surface area (Å²) in [7, 11) is 0. The van der Waals surface area contributed by atoms with E-state index in [1.165, 1.54) is 0 Å². The predicted molar refractivity (Wildman–Crippen MR) is 98.6 cm³/mol. The molecule has 26 heavy (non-hydrogen) atoms. The molecule has 0 saturated heterocycles. The third kappa shape index (κ3) is 3.93. The summed E-state index contributed by atoms with van der Waals surface area (Å²) < 4.78 is 1.94. The first-order valence-electron chi connectivity index (χ1n) is 8.45. The lowest BCUT2D eigenvalue weighted by molar-refractivity contribution is 0.0887. The first-order valence-corrected chi connectivity index (χ1v) is 8.45. The van der Waals surface area contributed by atoms with Gasteiger partial charge in [0.2, 0.25) is 0 Å². The van der Waals surface area contributed by atoms with E-state index in [0.717, 1.165) is 0 Å². The van der Waals surface area contributed by atoms with E-state index < -0.39 is 0 Å². The van der Waals surface area contributed by atoms with Crippen LogP contribution in [-0.2, 0) is 6.54 Å². The van der Waals surface area contributed by atoms with Gasteiger partial charge < -0.3 is 15.0 Å². The van der Waals surface area contributed by atoms with Crippen molar-refractivity contribution < 1.29 is 9.90 Å². The second-order valence-corrected chi connectivity index (χ2v) is 7.34. The Morgan fingerprint density at radius 1 is 1.35 bits per heavy atom. The van der Waals surface area contributed by atoms with Gasteiger partial charge in [-0.15, -0.1) is 0 Å². The predicted octanol–water partition coefficient (Wildman–Crippen LogP) is 2.82. The zero-order chi connectivity index (χ0) is 18.7. The molecular weight excluding hydrogens is 330 g/mol. The molecule has 0 bridgehead atoms. The second kappa shape index (κ2) is 7.03. The molecule has 1 aromatic carbocycles. The van der Waals surface area contributed by atoms with Gasteiger partial charge >= 0.3 is 0 Å². The van der Waals surface area contributed by atoms with Crippen LogP contribution in [0, 0.1) is 5.41 Å². The molecule has 7 heteroatoms. The molecular formula is C19H23N5O2. The monoisotopic (exact) mass is 353 g/mol. The quantitative estimate of drug-likeness (QED) is 0.657. The van der Waals surface area contributed by atoms with Gasteiger partial charge in [0.25, 0.3) is 5.91 Å². The van der Waals surface area contributed by atoms with Crippen molar-refractivity contribution in [2.24, 2.45) is 5.41 Å². The van der Waals surface area contributed by atoms with E-state index in [2.05, 4.69) is 41.3 Å². The molecule has 0 aliphatic rings. The van der Waals surface area contributed by atoms with Crippen molar-refractivity contribution in [3.8, 4) is 17.0 Å². The van der Waals surface area contributed by atoms with Gasteiger partial charge in [-0.3, -0.25) is 9.89 Å². The van der Waals surface area contributed by atoms with Crippen molar-refractivity contribution in [2.45, 2.75) is 33.4 Å². The van der Waals surface area contributed by atoms with Crippen LogP contribution in [0.5, 0.6) is 5.75 Å². The number of carbonyl (C=O) groups is 1. The average Bonchev–Trinajstić information content (AvgIpc) is 3.25. The molecule has 3 aromatic rings. The number of rotatable bonds is 5. The van der Waals surface area contributed by atoms with Gasteiger partial charge in [0.15, 0.2) is 0 Å². The summed E-state index contributed by atoms with van der Waals surface area (Å²) in [5, 5.41) is 19.9. The number of nitrogens with zero attached hydrogens (tertiary/aromatic N) is 3. The normalized spacial score (nSPS) is 12.7. The van der Waals surface area contributed by atoms with E-state index in [0.29, 0.717) is 23.5 Å². The van der Waals surface area contributed by atoms with Crippen molar-refractivity contribution in [1.82, 2.24) is 25.1 Å². The third-order valence-corrected chi connectivity index (χ3v) is 4.31. The summed E-state index contributed by atoms with van der Waals surface area (Å²) in [6.07, 6.45) is 5.32. The molecule has 0 aliphatic carbocycles. The van der Waals surface area contributed by atoms with Crippen molar-refractivity contribution in [2.75, 3.05) is 0 Å². The molecule has 3 N–H and O–H groups in total. The van der Waals surface area contributed by atoms with Gasteiger partial charge in [-0.25, -0.2) is 4.98 Å². The zero-order valence-corrected chi connectivity index (χ0v) is 15.1. The molecule has 136 valence electrons. The number of H-pyrrole nitrogens is 1. The maximum Gasteiger partial charge on any atom is 0.269 e. The van der Waals surface area contributed by atoms with Gasteiger partial charge in [0.05, 0.1) is 18.1 Å². The maximum absolute atomic E-state index is 12.7. The minimum atomic E-state index is -0.237. The van der Waals surface area contributed by atoms with Crippen molar-refractivity contribution >= 4 is 5.91 Å². The number of aromatic nitrogens is 4. The number of aromatic amines is 1. The van der Waals surface area contributed by atoms with Gasteiger partial charge in [-0.05, 0) is 23.6 Å². The van der Waals surface area contributed by atoms with E-state index in [9.17, 15) is 9.90 Å². The standard InChI is InChI=1S/C19H23N5O2/c1-19(2,3)17(11-24-9-8-20-12-24)21-18(26)15-10-14(22-23-15)13-6-4-5-7-16(13)25/h4-10,12,17,25H,11H2,1-3H3,(H,21,26)(H,22,23)/t17-/m0/s1. The van der Waals surface area contributed by atoms with Gasteiger partial charge in [-0.2, -0.15) is 5.10 Å². The van der Waals surface area contributed by atoms with Gasteiger partial charge in [0.1, 0.15) is 11.4 Å². The lowest BCUT2D eigenvalue weighted by atomic mass is 9.86. The third-order valence-electron chi connectivity index (χ3n) is 4.31. The maximum atomic E-state index is 12.7. The first kappa shape index (κ1) is 17.7. The number of amides is 1. The van der Waals surface area contributed by atoms with Crippen LogP contribution in [0.2, 0.25) is 0 Å². The highest BCUT2D eigenvalue weighted by Crippen LogP contribution is 2.27. The summed E-state index contributed by atoms with van der Waals surface area (Å²) >= 11 is 0. The molecule has 2 aromatic heterocycles. The van der Waals surface area contributed by atoms with Crippen molar-refractivity contribution in [3.63, 3.8) is 0 Å². The Kier molecular flexibility index (Phi) is 4.79. The van der Waals surface area contributed by atoms with Crippen LogP contribution < -0.4 is 5.32 Å². The zero-order valence-electron chi connectivity index (χ0n) is 15.1. The highest BCUT2D eigenvalue weighted by molar-refractivity contribution is 5.93. The topological polar surface area (TPSA) is 95.8 Å². The highest BCUT2D eigenvalue weighted by atomic mass is 16.3. The Morgan fingerprint density at radius 3 is 2.77 bits per heavy atom. The van der Waals surface area contributed by atoms with Crippen LogP contribution in [0.25, 0.3) is 11.3 Å². The highest BCUT2D eigenvalue weighted by Gasteiger charge is 2.27. The van der Waals surface area contributed by atoms with Crippen molar-refractivity contribution in [1.29, 1.82) is 0 Å². The lowest BCUT2D eigenvalue weighted by Gasteiger charge is -2.31. The molecule has 0 fully saturated rings. The molecule has 0 unspecified atom stereocenters. The number of aromatic hydroxyl groups is 1. The molecule has 3 rings (SSSR count). The molecule has 0 aliphatic heterocycles. The van der Waals surface area contributed by atoms with E-state index in [1.54, 1.807) is 36.8 Å². The average molecular weight is 353 g/mol. The lowest BCUT2D eigenvalue weighted by Crippen LogP contribution is -2.46. The Bertz CT molecular complexity index is 877. The number of hydrogen-bond donors (Lipinski definition) is 3. The van der Waals surface area contributed by atoms with Crippen LogP contribution in [-0.4, -0.2) is 36.8 Å². The molecule has 7 nitrogen and oxygen atoms in total. The minimum absolute atomic E-state index is 0.0962. The second-order valence-electron chi connectivity index (χ2n) is 7.34. The number of hydrogen-bond acceptors (Lipinski definition) is 4. The Balaban J connectivity index is 1.77. The van der Waals surface area contributed by atoms with Crippen molar-refractivity contribution in [3.05, 3.63) is 54.7 Å². The summed E-state index contributed by atoms with van der Waals surface area (Å²) in [6.45, 7) is 6.86. The van der Waals surface area contributed by atoms with E-state index in [4.69, 9.17) is 0 Å². The molecule has 2 heterocycles. The Morgan fingerprint density at radius 2 is 2.12 bits per heavy atom. The molecule has 0 saturated carbocycles. The van der Waals surface area contributed by atoms with E-state index >= 15 is 0 Å². The summed E-state index contributed by atoms with van der Waals surface area (Å²) in [4.78, 5) is 16.7. The fourth-order valence-corrected chi connectivity index (χ4v) is 2.64. The molecule has 1 atom stereocenters. The number of phenols is 1. The Labute approximate surface area is 152 Å². The number of phenolic OH excluding ortho intramolecular Hbond substituents is 1. The molecule has 0 spiro atoms. The van der Waals surface area contributed by atoms with Crippen LogP contribution >= 0.6 is 0 Å². The number of nitrogens with one attached hydrogen (secondary N) is 2. The van der Waals surface area contributed by atoms with E-state index in [1.807, 2.05) is 16.8 Å². The smallest absolute Gasteiger partial charge is 0.269 e. The molecule has 0 radical (unpaired) electrons.